The van der Waals surface area contributed by atoms with E-state index in [0.29, 0.717) is 0 Å². The Morgan fingerprint density at radius 3 is 2.55 bits per heavy atom. The highest BCUT2D eigenvalue weighted by Gasteiger charge is 2.14. The molecule has 0 aliphatic rings. The highest BCUT2D eigenvalue weighted by molar-refractivity contribution is 9.11. The van der Waals surface area contributed by atoms with Gasteiger partial charge in [-0.15, -0.1) is 0 Å². The van der Waals surface area contributed by atoms with Gasteiger partial charge in [0.2, 0.25) is 0 Å². The van der Waals surface area contributed by atoms with Crippen LogP contribution in [-0.4, -0.2) is 12.0 Å². The fourth-order valence-electron chi connectivity index (χ4n) is 2.15. The van der Waals surface area contributed by atoms with Crippen molar-refractivity contribution < 1.29 is 0 Å². The van der Waals surface area contributed by atoms with E-state index in [2.05, 4.69) is 79.4 Å². The van der Waals surface area contributed by atoms with Gasteiger partial charge in [0.25, 0.3) is 0 Å². The summed E-state index contributed by atoms with van der Waals surface area (Å²) in [6.07, 6.45) is 3.88. The fraction of sp³-hybridized carbons (Fsp3) is 0.312. The molecule has 0 aliphatic carbocycles. The molecule has 0 fully saturated rings. The minimum atomic E-state index is 0.248. The largest absolute Gasteiger partial charge is 0.313 e. The van der Waals surface area contributed by atoms with E-state index in [9.17, 15) is 0 Å². The number of rotatable bonds is 5. The van der Waals surface area contributed by atoms with Crippen molar-refractivity contribution in [3.05, 3.63) is 62.3 Å². The van der Waals surface area contributed by atoms with E-state index in [-0.39, 0.29) is 6.04 Å². The molecule has 0 spiro atoms. The van der Waals surface area contributed by atoms with Gasteiger partial charge in [-0.1, -0.05) is 50.9 Å². The third kappa shape index (κ3) is 3.90. The van der Waals surface area contributed by atoms with Crippen LogP contribution >= 0.6 is 31.9 Å². The normalized spacial score (nSPS) is 12.4. The van der Waals surface area contributed by atoms with Crippen molar-refractivity contribution in [2.75, 3.05) is 7.05 Å². The third-order valence-corrected chi connectivity index (χ3v) is 4.57. The van der Waals surface area contributed by atoms with Crippen LogP contribution in [0.4, 0.5) is 0 Å². The van der Waals surface area contributed by atoms with Crippen LogP contribution in [0.2, 0.25) is 0 Å². The summed E-state index contributed by atoms with van der Waals surface area (Å²) in [5, 5.41) is 3.37. The number of pyridine rings is 1. The minimum Gasteiger partial charge on any atom is -0.313 e. The van der Waals surface area contributed by atoms with E-state index in [1.54, 1.807) is 0 Å². The van der Waals surface area contributed by atoms with E-state index in [1.807, 2.05) is 13.2 Å². The predicted octanol–water partition coefficient (Wildman–Crippen LogP) is 4.67. The van der Waals surface area contributed by atoms with Crippen LogP contribution in [0.15, 0.2) is 45.5 Å². The number of aromatic nitrogens is 1. The Hall–Kier alpha value is -0.710. The second-order valence-corrected chi connectivity index (χ2v) is 6.49. The van der Waals surface area contributed by atoms with Crippen LogP contribution in [0.1, 0.15) is 29.8 Å². The summed E-state index contributed by atoms with van der Waals surface area (Å²) in [7, 11) is 1.99. The summed E-state index contributed by atoms with van der Waals surface area (Å²) < 4.78 is 2.19. The molecule has 0 saturated carbocycles. The van der Waals surface area contributed by atoms with Gasteiger partial charge in [0, 0.05) is 33.3 Å². The summed E-state index contributed by atoms with van der Waals surface area (Å²) in [4.78, 5) is 4.55. The number of aryl methyl sites for hydroxylation is 1. The smallest absolute Gasteiger partial charge is 0.0422 e. The lowest BCUT2D eigenvalue weighted by atomic mass is 10.0. The van der Waals surface area contributed by atoms with Crippen molar-refractivity contribution in [1.29, 1.82) is 0 Å². The van der Waals surface area contributed by atoms with Gasteiger partial charge in [0.1, 0.15) is 0 Å². The number of hydrogen-bond donors (Lipinski definition) is 1. The van der Waals surface area contributed by atoms with Gasteiger partial charge >= 0.3 is 0 Å². The molecule has 0 aliphatic heterocycles. The average molecular weight is 398 g/mol. The molecule has 4 heteroatoms. The molecule has 1 heterocycles. The first-order valence-electron chi connectivity index (χ1n) is 6.70. The summed E-state index contributed by atoms with van der Waals surface area (Å²) in [5.41, 5.74) is 3.63. The molecule has 1 aromatic heterocycles. The van der Waals surface area contributed by atoms with Gasteiger partial charge in [-0.25, -0.2) is 0 Å². The van der Waals surface area contributed by atoms with Crippen molar-refractivity contribution in [3.63, 3.8) is 0 Å². The molecule has 2 rings (SSSR count). The van der Waals surface area contributed by atoms with Gasteiger partial charge in [-0.2, -0.15) is 0 Å². The monoisotopic (exact) mass is 396 g/mol. The van der Waals surface area contributed by atoms with Gasteiger partial charge in [-0.05, 0) is 42.8 Å². The van der Waals surface area contributed by atoms with Crippen LogP contribution in [0, 0.1) is 0 Å². The van der Waals surface area contributed by atoms with Crippen LogP contribution in [0.25, 0.3) is 0 Å². The lowest BCUT2D eigenvalue weighted by Gasteiger charge is -2.18. The van der Waals surface area contributed by atoms with Gasteiger partial charge < -0.3 is 5.32 Å². The third-order valence-electron chi connectivity index (χ3n) is 3.39. The van der Waals surface area contributed by atoms with Crippen molar-refractivity contribution in [3.8, 4) is 0 Å². The maximum atomic E-state index is 4.55. The van der Waals surface area contributed by atoms with Crippen LogP contribution in [-0.2, 0) is 12.8 Å². The molecular weight excluding hydrogens is 380 g/mol. The molecule has 2 aromatic rings. The van der Waals surface area contributed by atoms with Crippen molar-refractivity contribution in [2.24, 2.45) is 0 Å². The molecule has 20 heavy (non-hydrogen) atoms. The molecule has 106 valence electrons. The highest BCUT2D eigenvalue weighted by Crippen LogP contribution is 2.28. The summed E-state index contributed by atoms with van der Waals surface area (Å²) in [6.45, 7) is 2.14. The second-order valence-electron chi connectivity index (χ2n) is 4.72. The molecular formula is C16H18Br2N2. The van der Waals surface area contributed by atoms with Crippen LogP contribution in [0.5, 0.6) is 0 Å². The lowest BCUT2D eigenvalue weighted by molar-refractivity contribution is 0.582. The van der Waals surface area contributed by atoms with Gasteiger partial charge in [0.15, 0.2) is 0 Å². The molecule has 1 unspecified atom stereocenters. The van der Waals surface area contributed by atoms with E-state index in [0.717, 1.165) is 27.5 Å². The Morgan fingerprint density at radius 2 is 2.00 bits per heavy atom. The Labute approximate surface area is 137 Å². The summed E-state index contributed by atoms with van der Waals surface area (Å²) in [5.74, 6) is 0. The number of hydrogen-bond acceptors (Lipinski definition) is 2. The molecule has 1 N–H and O–H groups in total. The van der Waals surface area contributed by atoms with Crippen molar-refractivity contribution in [1.82, 2.24) is 10.3 Å². The van der Waals surface area contributed by atoms with E-state index in [1.165, 1.54) is 11.1 Å². The van der Waals surface area contributed by atoms with Crippen LogP contribution in [0.3, 0.4) is 0 Å². The fourth-order valence-corrected chi connectivity index (χ4v) is 3.47. The zero-order chi connectivity index (χ0) is 14.5. The van der Waals surface area contributed by atoms with Gasteiger partial charge in [0.05, 0.1) is 0 Å². The predicted molar refractivity (Wildman–Crippen MR) is 91.0 cm³/mol. The first-order valence-corrected chi connectivity index (χ1v) is 8.28. The average Bonchev–Trinajstić information content (AvgIpc) is 2.46. The first kappa shape index (κ1) is 15.7. The Balaban J connectivity index is 2.19. The lowest BCUT2D eigenvalue weighted by Crippen LogP contribution is -2.19. The Morgan fingerprint density at radius 1 is 1.20 bits per heavy atom. The minimum absolute atomic E-state index is 0.248. The van der Waals surface area contributed by atoms with E-state index < -0.39 is 0 Å². The molecule has 1 aromatic carbocycles. The molecule has 0 bridgehead atoms. The van der Waals surface area contributed by atoms with E-state index >= 15 is 0 Å². The molecule has 0 saturated heterocycles. The second kappa shape index (κ2) is 7.34. The Bertz CT molecular complexity index is 567. The molecule has 0 amide bonds. The maximum absolute atomic E-state index is 4.55. The summed E-state index contributed by atoms with van der Waals surface area (Å²) >= 11 is 7.12. The first-order chi connectivity index (χ1) is 9.63. The summed E-state index contributed by atoms with van der Waals surface area (Å²) in [6, 6.07) is 10.8. The van der Waals surface area contributed by atoms with Gasteiger partial charge in [-0.3, -0.25) is 4.98 Å². The number of nitrogens with zero attached hydrogens (tertiary/aromatic N) is 1. The number of nitrogens with one attached hydrogen (secondary N) is 1. The zero-order valence-corrected chi connectivity index (χ0v) is 14.8. The molecule has 1 atom stereocenters. The Kier molecular flexibility index (Phi) is 5.75. The maximum Gasteiger partial charge on any atom is 0.0422 e. The topological polar surface area (TPSA) is 24.9 Å². The highest BCUT2D eigenvalue weighted by atomic mass is 79.9. The van der Waals surface area contributed by atoms with Crippen molar-refractivity contribution in [2.45, 2.75) is 25.8 Å². The molecule has 2 nitrogen and oxygen atoms in total. The SMILES string of the molecule is CCc1ccc(CC(NC)c2ccc(Br)cc2Br)nc1. The van der Waals surface area contributed by atoms with Crippen molar-refractivity contribution >= 4 is 31.9 Å². The standard InChI is InChI=1S/C16H18Br2N2/c1-3-11-4-6-13(20-10-11)9-16(19-2)14-7-5-12(17)8-15(14)18/h4-8,10,16,19H,3,9H2,1-2H3. The number of benzene rings is 1. The number of halogens is 2. The quantitative estimate of drug-likeness (QED) is 0.792. The van der Waals surface area contributed by atoms with E-state index in [4.69, 9.17) is 0 Å². The van der Waals surface area contributed by atoms with Crippen LogP contribution < -0.4 is 5.32 Å². The zero-order valence-electron chi connectivity index (χ0n) is 11.7. The molecule has 0 radical (unpaired) electrons. The number of likely N-dealkylation sites (N-methyl/N-ethyl adjacent to an activating group) is 1.